The van der Waals surface area contributed by atoms with Gasteiger partial charge in [0.05, 0.1) is 6.61 Å². The largest absolute Gasteiger partial charge is 0.479 e. The number of carbonyl (C=O) groups excluding carboxylic acids is 1. The second-order valence-electron chi connectivity index (χ2n) is 3.16. The molecule has 1 N–H and O–H groups in total. The summed E-state index contributed by atoms with van der Waals surface area (Å²) in [5.74, 6) is -0.0755. The van der Waals surface area contributed by atoms with Gasteiger partial charge in [0.25, 0.3) is 0 Å². The third kappa shape index (κ3) is 3.03. The minimum Gasteiger partial charge on any atom is -0.479 e. The monoisotopic (exact) mass is 200 g/mol. The molecule has 1 heterocycles. The molecule has 0 saturated heterocycles. The maximum atomic E-state index is 11.2. The summed E-state index contributed by atoms with van der Waals surface area (Å²) >= 11 is 0. The highest BCUT2D eigenvalue weighted by Crippen LogP contribution is 2.20. The van der Waals surface area contributed by atoms with Gasteiger partial charge in [-0.2, -0.15) is 0 Å². The Bertz CT molecular complexity index is 222. The molecule has 1 rings (SSSR count). The number of esters is 1. The lowest BCUT2D eigenvalue weighted by molar-refractivity contribution is -0.146. The number of ether oxygens (including phenoxy) is 2. The van der Waals surface area contributed by atoms with Gasteiger partial charge in [-0.3, -0.25) is 0 Å². The summed E-state index contributed by atoms with van der Waals surface area (Å²) in [7, 11) is 0. The van der Waals surface area contributed by atoms with Gasteiger partial charge in [0.1, 0.15) is 6.10 Å². The van der Waals surface area contributed by atoms with E-state index in [-0.39, 0.29) is 12.7 Å². The molecule has 0 aromatic rings. The van der Waals surface area contributed by atoms with Crippen LogP contribution in [0.15, 0.2) is 11.8 Å². The molecule has 1 aliphatic rings. The Morgan fingerprint density at radius 3 is 2.93 bits per heavy atom. The first kappa shape index (κ1) is 11.0. The molecule has 1 aliphatic heterocycles. The van der Waals surface area contributed by atoms with Gasteiger partial charge in [-0.15, -0.1) is 0 Å². The molecule has 0 radical (unpaired) electrons. The molecule has 4 nitrogen and oxygen atoms in total. The normalized spacial score (nSPS) is 19.3. The molecule has 0 amide bonds. The van der Waals surface area contributed by atoms with E-state index in [1.54, 1.807) is 6.08 Å². The Hall–Kier alpha value is -1.03. The number of aliphatic hydroxyl groups is 1. The van der Waals surface area contributed by atoms with Gasteiger partial charge in [-0.25, -0.2) is 4.79 Å². The Labute approximate surface area is 83.5 Å². The maximum absolute atomic E-state index is 11.2. The van der Waals surface area contributed by atoms with Crippen LogP contribution in [0.2, 0.25) is 0 Å². The van der Waals surface area contributed by atoms with Crippen molar-refractivity contribution < 1.29 is 19.4 Å². The van der Waals surface area contributed by atoms with Crippen LogP contribution in [0.1, 0.15) is 26.2 Å². The number of rotatable bonds is 6. The van der Waals surface area contributed by atoms with Crippen LogP contribution in [-0.4, -0.2) is 30.4 Å². The zero-order valence-electron chi connectivity index (χ0n) is 8.36. The van der Waals surface area contributed by atoms with Crippen LogP contribution in [-0.2, 0) is 14.3 Å². The fraction of sp³-hybridized carbons (Fsp3) is 0.700. The highest BCUT2D eigenvalue weighted by molar-refractivity contribution is 5.87. The van der Waals surface area contributed by atoms with Crippen molar-refractivity contribution in [3.8, 4) is 0 Å². The van der Waals surface area contributed by atoms with Crippen molar-refractivity contribution in [3.05, 3.63) is 11.8 Å². The fourth-order valence-corrected chi connectivity index (χ4v) is 1.10. The molecule has 0 bridgehead atoms. The molecule has 0 aromatic heterocycles. The standard InChI is InChI=1S/C10H16O4/c1-2-8-7-9(14-8)10(12)13-6-4-3-5-11/h7-8,11H,2-6H2,1H3/t8-/m1/s1. The molecule has 4 heteroatoms. The molecule has 0 aliphatic carbocycles. The summed E-state index contributed by atoms with van der Waals surface area (Å²) < 4.78 is 10.0. The summed E-state index contributed by atoms with van der Waals surface area (Å²) in [6, 6.07) is 0. The van der Waals surface area contributed by atoms with E-state index < -0.39 is 5.97 Å². The lowest BCUT2D eigenvalue weighted by atomic mass is 10.2. The lowest BCUT2D eigenvalue weighted by Crippen LogP contribution is -2.26. The van der Waals surface area contributed by atoms with Crippen LogP contribution in [0, 0.1) is 0 Å². The van der Waals surface area contributed by atoms with Crippen molar-refractivity contribution in [2.75, 3.05) is 13.2 Å². The molecule has 80 valence electrons. The average molecular weight is 200 g/mol. The zero-order chi connectivity index (χ0) is 10.4. The minimum atomic E-state index is -0.396. The molecule has 14 heavy (non-hydrogen) atoms. The molecule has 0 aromatic carbocycles. The first-order valence-corrected chi connectivity index (χ1v) is 4.94. The number of aliphatic hydroxyl groups excluding tert-OH is 1. The predicted molar refractivity (Wildman–Crippen MR) is 50.5 cm³/mol. The summed E-state index contributed by atoms with van der Waals surface area (Å²) in [6.07, 6.45) is 4.07. The van der Waals surface area contributed by atoms with Gasteiger partial charge >= 0.3 is 5.97 Å². The summed E-state index contributed by atoms with van der Waals surface area (Å²) in [5.41, 5.74) is 0. The van der Waals surface area contributed by atoms with E-state index in [9.17, 15) is 4.79 Å². The van der Waals surface area contributed by atoms with E-state index in [1.807, 2.05) is 6.92 Å². The van der Waals surface area contributed by atoms with Crippen molar-refractivity contribution in [1.29, 1.82) is 0 Å². The van der Waals surface area contributed by atoms with Crippen molar-refractivity contribution in [2.24, 2.45) is 0 Å². The number of hydrogen-bond donors (Lipinski definition) is 1. The van der Waals surface area contributed by atoms with E-state index in [0.717, 1.165) is 6.42 Å². The van der Waals surface area contributed by atoms with Crippen LogP contribution in [0.3, 0.4) is 0 Å². The van der Waals surface area contributed by atoms with E-state index >= 15 is 0 Å². The van der Waals surface area contributed by atoms with E-state index in [2.05, 4.69) is 0 Å². The Kier molecular flexibility index (Phi) is 4.46. The number of unbranched alkanes of at least 4 members (excludes halogenated alkanes) is 1. The second kappa shape index (κ2) is 5.65. The molecule has 0 fully saturated rings. The van der Waals surface area contributed by atoms with Gasteiger partial charge in [0.2, 0.25) is 5.76 Å². The maximum Gasteiger partial charge on any atom is 0.373 e. The minimum absolute atomic E-state index is 0.0787. The summed E-state index contributed by atoms with van der Waals surface area (Å²) in [6.45, 7) is 2.47. The third-order valence-electron chi connectivity index (χ3n) is 2.00. The van der Waals surface area contributed by atoms with E-state index in [1.165, 1.54) is 0 Å². The van der Waals surface area contributed by atoms with Crippen molar-refractivity contribution in [2.45, 2.75) is 32.3 Å². The highest BCUT2D eigenvalue weighted by Gasteiger charge is 2.25. The van der Waals surface area contributed by atoms with E-state index in [4.69, 9.17) is 14.6 Å². The molecule has 1 atom stereocenters. The van der Waals surface area contributed by atoms with Gasteiger partial charge < -0.3 is 14.6 Å². The smallest absolute Gasteiger partial charge is 0.373 e. The molecule has 0 unspecified atom stereocenters. The zero-order valence-corrected chi connectivity index (χ0v) is 8.36. The van der Waals surface area contributed by atoms with Crippen LogP contribution < -0.4 is 0 Å². The van der Waals surface area contributed by atoms with Gasteiger partial charge in [0, 0.05) is 12.7 Å². The van der Waals surface area contributed by atoms with Gasteiger partial charge in [-0.1, -0.05) is 6.92 Å². The first-order valence-electron chi connectivity index (χ1n) is 4.94. The Morgan fingerprint density at radius 2 is 2.36 bits per heavy atom. The molecular formula is C10H16O4. The van der Waals surface area contributed by atoms with Crippen LogP contribution >= 0.6 is 0 Å². The number of carbonyl (C=O) groups is 1. The SMILES string of the molecule is CC[C@@H]1C=C(C(=O)OCCCCO)O1. The fourth-order valence-electron chi connectivity index (χ4n) is 1.10. The van der Waals surface area contributed by atoms with Crippen LogP contribution in [0.4, 0.5) is 0 Å². The molecule has 0 spiro atoms. The predicted octanol–water partition coefficient (Wildman–Crippen LogP) is 0.995. The first-order chi connectivity index (χ1) is 6.77. The highest BCUT2D eigenvalue weighted by atomic mass is 16.6. The van der Waals surface area contributed by atoms with Crippen molar-refractivity contribution in [1.82, 2.24) is 0 Å². The van der Waals surface area contributed by atoms with Gasteiger partial charge in [0.15, 0.2) is 0 Å². The lowest BCUT2D eigenvalue weighted by Gasteiger charge is -2.24. The van der Waals surface area contributed by atoms with E-state index in [0.29, 0.717) is 25.2 Å². The third-order valence-corrected chi connectivity index (χ3v) is 2.00. The topological polar surface area (TPSA) is 55.8 Å². The van der Waals surface area contributed by atoms with Crippen molar-refractivity contribution in [3.63, 3.8) is 0 Å². The number of hydrogen-bond acceptors (Lipinski definition) is 4. The quantitative estimate of drug-likeness (QED) is 0.513. The molecular weight excluding hydrogens is 184 g/mol. The Morgan fingerprint density at radius 1 is 1.64 bits per heavy atom. The van der Waals surface area contributed by atoms with Crippen LogP contribution in [0.5, 0.6) is 0 Å². The van der Waals surface area contributed by atoms with Crippen molar-refractivity contribution >= 4 is 5.97 Å². The Balaban J connectivity index is 2.11. The van der Waals surface area contributed by atoms with Gasteiger partial charge in [-0.05, 0) is 19.3 Å². The second-order valence-corrected chi connectivity index (χ2v) is 3.16. The average Bonchev–Trinajstić information content (AvgIpc) is 2.11. The summed E-state index contributed by atoms with van der Waals surface area (Å²) in [5, 5.41) is 8.49. The van der Waals surface area contributed by atoms with Crippen LogP contribution in [0.25, 0.3) is 0 Å². The molecule has 0 saturated carbocycles. The summed E-state index contributed by atoms with van der Waals surface area (Å²) in [4.78, 5) is 11.2.